The molecular formula is C21H25N7O5. The highest BCUT2D eigenvalue weighted by molar-refractivity contribution is 6.01. The van der Waals surface area contributed by atoms with Gasteiger partial charge in [-0.25, -0.2) is 9.78 Å². The third-order valence-electron chi connectivity index (χ3n) is 4.35. The predicted molar refractivity (Wildman–Crippen MR) is 121 cm³/mol. The number of anilines is 3. The molecule has 0 bridgehead atoms. The van der Waals surface area contributed by atoms with E-state index in [9.17, 15) is 9.59 Å². The van der Waals surface area contributed by atoms with Crippen molar-refractivity contribution in [2.45, 2.75) is 6.92 Å². The van der Waals surface area contributed by atoms with Crippen LogP contribution in [0.25, 0.3) is 11.4 Å². The van der Waals surface area contributed by atoms with E-state index in [0.29, 0.717) is 29.5 Å². The number of para-hydroxylation sites is 1. The molecule has 174 valence electrons. The first kappa shape index (κ1) is 19.5. The number of aromatic nitrogens is 3. The lowest BCUT2D eigenvalue weighted by Gasteiger charge is -2.16. The van der Waals surface area contributed by atoms with Crippen LogP contribution in [0.2, 0.25) is 0 Å². The number of methoxy groups -OCH3 is 2. The van der Waals surface area contributed by atoms with Gasteiger partial charge in [0.05, 0.1) is 36.2 Å². The molecule has 2 aromatic heterocycles. The monoisotopic (exact) mass is 458 g/mol. The van der Waals surface area contributed by atoms with Gasteiger partial charge in [-0.15, -0.1) is 0 Å². The van der Waals surface area contributed by atoms with Gasteiger partial charge in [0.2, 0.25) is 11.7 Å². The van der Waals surface area contributed by atoms with E-state index < -0.39 is 18.9 Å². The van der Waals surface area contributed by atoms with E-state index in [1.165, 1.54) is 20.3 Å². The van der Waals surface area contributed by atoms with E-state index >= 15 is 0 Å². The first-order valence-corrected chi connectivity index (χ1v) is 9.72. The minimum Gasteiger partial charge on any atom is -0.494 e. The zero-order valence-electron chi connectivity index (χ0n) is 21.2. The molecule has 0 aliphatic carbocycles. The number of aryl methyl sites for hydroxylation is 1. The number of carbonyl (C=O) groups excluding carboxylic acids is 2. The zero-order chi connectivity index (χ0) is 26.3. The van der Waals surface area contributed by atoms with Crippen molar-refractivity contribution < 1.29 is 27.7 Å². The van der Waals surface area contributed by atoms with Crippen molar-refractivity contribution in [3.05, 3.63) is 41.9 Å². The lowest BCUT2D eigenvalue weighted by molar-refractivity contribution is 0.0963. The van der Waals surface area contributed by atoms with E-state index in [2.05, 4.69) is 31.1 Å². The topological polar surface area (TPSA) is 153 Å². The number of nitrogens with one attached hydrogen (secondary N) is 4. The summed E-state index contributed by atoms with van der Waals surface area (Å²) < 4.78 is 37.6. The van der Waals surface area contributed by atoms with Gasteiger partial charge in [-0.1, -0.05) is 11.2 Å². The molecule has 3 amide bonds. The highest BCUT2D eigenvalue weighted by atomic mass is 16.5. The Labute approximate surface area is 194 Å². The number of ether oxygens (including phenoxy) is 2. The minimum absolute atomic E-state index is 0.0840. The highest BCUT2D eigenvalue weighted by Gasteiger charge is 2.18. The van der Waals surface area contributed by atoms with E-state index in [0.717, 1.165) is 6.20 Å². The molecule has 2 heterocycles. The Morgan fingerprint density at radius 1 is 1.24 bits per heavy atom. The van der Waals surface area contributed by atoms with Gasteiger partial charge < -0.3 is 29.9 Å². The summed E-state index contributed by atoms with van der Waals surface area (Å²) in [6, 6.07) is 5.94. The summed E-state index contributed by atoms with van der Waals surface area (Å²) in [5.74, 6) is 0.191. The van der Waals surface area contributed by atoms with Crippen LogP contribution in [0.5, 0.6) is 5.75 Å². The van der Waals surface area contributed by atoms with Gasteiger partial charge in [0.1, 0.15) is 5.82 Å². The molecule has 3 aromatic rings. The van der Waals surface area contributed by atoms with Crippen LogP contribution in [0.15, 0.2) is 35.0 Å². The maximum atomic E-state index is 12.7. The number of hydrogen-bond acceptors (Lipinski definition) is 9. The molecule has 0 atom stereocenters. The molecule has 0 aliphatic rings. The summed E-state index contributed by atoms with van der Waals surface area (Å²) in [6.45, 7) is -0.484. The van der Waals surface area contributed by atoms with Crippen molar-refractivity contribution in [1.29, 1.82) is 0 Å². The summed E-state index contributed by atoms with van der Waals surface area (Å²) in [5, 5.41) is 14.0. The lowest BCUT2D eigenvalue weighted by atomic mass is 10.1. The molecule has 3 rings (SSSR count). The van der Waals surface area contributed by atoms with Crippen LogP contribution in [0.3, 0.4) is 0 Å². The largest absolute Gasteiger partial charge is 0.494 e. The number of hydrogen-bond donors (Lipinski definition) is 4. The number of carbonyl (C=O) groups is 2. The molecule has 12 heteroatoms. The van der Waals surface area contributed by atoms with Crippen molar-refractivity contribution >= 4 is 29.1 Å². The van der Waals surface area contributed by atoms with Crippen LogP contribution in [0.1, 0.15) is 20.4 Å². The molecule has 4 N–H and O–H groups in total. The van der Waals surface area contributed by atoms with Gasteiger partial charge in [-0.3, -0.25) is 10.1 Å². The molecule has 0 radical (unpaired) electrons. The Morgan fingerprint density at radius 3 is 2.79 bits per heavy atom. The maximum Gasteiger partial charge on any atom is 0.320 e. The lowest BCUT2D eigenvalue weighted by Crippen LogP contribution is -2.31. The smallest absolute Gasteiger partial charge is 0.320 e. The summed E-state index contributed by atoms with van der Waals surface area (Å²) in [6.07, 6.45) is 1.15. The fourth-order valence-corrected chi connectivity index (χ4v) is 2.89. The molecular weight excluding hydrogens is 430 g/mol. The summed E-state index contributed by atoms with van der Waals surface area (Å²) in [4.78, 5) is 33.1. The Kier molecular flexibility index (Phi) is 6.44. The zero-order valence-corrected chi connectivity index (χ0v) is 18.2. The minimum atomic E-state index is -2.72. The van der Waals surface area contributed by atoms with Crippen LogP contribution in [-0.2, 0) is 4.74 Å². The van der Waals surface area contributed by atoms with E-state index in [1.807, 2.05) is 5.32 Å². The molecule has 0 aliphatic heterocycles. The Balaban J connectivity index is 1.98. The number of urea groups is 1. The molecule has 0 saturated heterocycles. The average molecular weight is 458 g/mol. The van der Waals surface area contributed by atoms with E-state index in [-0.39, 0.29) is 29.4 Å². The van der Waals surface area contributed by atoms with Crippen molar-refractivity contribution in [2.24, 2.45) is 0 Å². The Morgan fingerprint density at radius 2 is 2.09 bits per heavy atom. The van der Waals surface area contributed by atoms with Gasteiger partial charge in [-0.2, -0.15) is 4.98 Å². The fraction of sp³-hybridized carbons (Fsp3) is 0.286. The first-order chi connectivity index (χ1) is 17.1. The summed E-state index contributed by atoms with van der Waals surface area (Å²) >= 11 is 0. The third kappa shape index (κ3) is 5.74. The van der Waals surface area contributed by atoms with Gasteiger partial charge in [0.25, 0.3) is 5.91 Å². The molecule has 1 aromatic carbocycles. The molecule has 12 nitrogen and oxygen atoms in total. The third-order valence-corrected chi connectivity index (χ3v) is 4.35. The predicted octanol–water partition coefficient (Wildman–Crippen LogP) is 2.32. The summed E-state index contributed by atoms with van der Waals surface area (Å²) in [5.41, 5.74) is 0.984. The molecule has 0 fully saturated rings. The number of pyridine rings is 1. The number of rotatable bonds is 9. The normalized spacial score (nSPS) is 12.2. The fourth-order valence-electron chi connectivity index (χ4n) is 2.89. The van der Waals surface area contributed by atoms with E-state index in [4.69, 9.17) is 18.1 Å². The molecule has 33 heavy (non-hydrogen) atoms. The number of nitrogens with zero attached hydrogens (tertiary/aromatic N) is 3. The van der Waals surface area contributed by atoms with Crippen molar-refractivity contribution in [1.82, 2.24) is 25.8 Å². The number of benzene rings is 1. The average Bonchev–Trinajstić information content (AvgIpc) is 3.24. The molecule has 0 unspecified atom stereocenters. The molecule has 0 spiro atoms. The first-order valence-electron chi connectivity index (χ1n) is 11.2. The Bertz CT molecular complexity index is 1230. The van der Waals surface area contributed by atoms with Crippen LogP contribution < -0.4 is 26.0 Å². The van der Waals surface area contributed by atoms with Gasteiger partial charge in [0, 0.05) is 43.9 Å². The van der Waals surface area contributed by atoms with Crippen molar-refractivity contribution in [3.63, 3.8) is 0 Å². The van der Waals surface area contributed by atoms with Gasteiger partial charge in [-0.05, 0) is 12.1 Å². The molecule has 0 saturated carbocycles. The highest BCUT2D eigenvalue weighted by Crippen LogP contribution is 2.37. The Hall–Kier alpha value is -4.19. The maximum absolute atomic E-state index is 12.7. The van der Waals surface area contributed by atoms with Crippen LogP contribution in [-0.4, -0.2) is 61.4 Å². The van der Waals surface area contributed by atoms with Crippen LogP contribution in [0, 0.1) is 6.92 Å². The quantitative estimate of drug-likeness (QED) is 0.354. The van der Waals surface area contributed by atoms with Crippen molar-refractivity contribution in [2.75, 3.05) is 45.0 Å². The van der Waals surface area contributed by atoms with Crippen LogP contribution in [0.4, 0.5) is 22.0 Å². The standard InChI is InChI=1S/C21H25N7O5/c1-12-25-19(28-33-12)13-6-5-7-15(18(13)32-4)26-16-10-17(24-11-14(16)20(29)22-2)27-21(30)23-8-9-31-3/h5-7,10-11H,8-9H2,1-4H3,(H,22,29)(H3,23,24,26,27,30)/i2D3. The van der Waals surface area contributed by atoms with Gasteiger partial charge >= 0.3 is 6.03 Å². The van der Waals surface area contributed by atoms with E-state index in [1.54, 1.807) is 25.1 Å². The second-order valence-corrected chi connectivity index (χ2v) is 6.59. The number of amides is 3. The van der Waals surface area contributed by atoms with Crippen molar-refractivity contribution in [3.8, 4) is 17.1 Å². The second-order valence-electron chi connectivity index (χ2n) is 6.59. The summed E-state index contributed by atoms with van der Waals surface area (Å²) in [7, 11) is 2.95. The van der Waals surface area contributed by atoms with Crippen LogP contribution >= 0.6 is 0 Å². The SMILES string of the molecule is [2H]C([2H])([2H])NC(=O)c1cnc(NC(=O)NCCOC)cc1Nc1cccc(-c2noc(C)n2)c1OC. The second kappa shape index (κ2) is 10.9. The van der Waals surface area contributed by atoms with Gasteiger partial charge in [0.15, 0.2) is 5.75 Å².